The number of thioether (sulfide) groups is 1. The van der Waals surface area contributed by atoms with Crippen molar-refractivity contribution in [1.29, 1.82) is 0 Å². The molecule has 0 spiro atoms. The van der Waals surface area contributed by atoms with E-state index in [2.05, 4.69) is 15.5 Å². The Morgan fingerprint density at radius 1 is 1.43 bits per heavy atom. The predicted molar refractivity (Wildman–Crippen MR) is 72.1 cm³/mol. The van der Waals surface area contributed by atoms with E-state index in [0.29, 0.717) is 5.16 Å². The first-order valence-electron chi connectivity index (χ1n) is 6.50. The van der Waals surface area contributed by atoms with E-state index in [4.69, 9.17) is 0 Å². The molecule has 8 heteroatoms. The van der Waals surface area contributed by atoms with E-state index in [-0.39, 0.29) is 11.6 Å². The van der Waals surface area contributed by atoms with Gasteiger partial charge in [0, 0.05) is 0 Å². The Kier molecular flexibility index (Phi) is 3.71. The van der Waals surface area contributed by atoms with Gasteiger partial charge in [-0.15, -0.1) is 5.10 Å². The minimum atomic E-state index is -0.726. The summed E-state index contributed by atoms with van der Waals surface area (Å²) in [5.41, 5.74) is -0.250. The van der Waals surface area contributed by atoms with Crippen LogP contribution in [-0.2, 0) is 0 Å². The van der Waals surface area contributed by atoms with Gasteiger partial charge < -0.3 is 0 Å². The number of benzene rings is 1. The molecule has 1 saturated carbocycles. The van der Waals surface area contributed by atoms with E-state index >= 15 is 0 Å². The molecule has 0 N–H and O–H groups in total. The molecule has 0 bridgehead atoms. The molecular weight excluding hydrogens is 298 g/mol. The summed E-state index contributed by atoms with van der Waals surface area (Å²) in [5.74, 6) is -1.85. The van der Waals surface area contributed by atoms with E-state index in [1.807, 2.05) is 0 Å². The highest BCUT2D eigenvalue weighted by atomic mass is 32.2. The topological polar surface area (TPSA) is 60.7 Å². The number of carbonyl (C=O) groups is 1. The van der Waals surface area contributed by atoms with E-state index in [9.17, 15) is 13.6 Å². The summed E-state index contributed by atoms with van der Waals surface area (Å²) < 4.78 is 28.5. The van der Waals surface area contributed by atoms with Gasteiger partial charge in [0.2, 0.25) is 5.16 Å². The lowest BCUT2D eigenvalue weighted by molar-refractivity contribution is 0.0989. The third kappa shape index (κ3) is 2.94. The summed E-state index contributed by atoms with van der Waals surface area (Å²) in [7, 11) is 0. The molecule has 5 nitrogen and oxygen atoms in total. The smallest absolute Gasteiger partial charge is 0.210 e. The first-order chi connectivity index (χ1) is 10.1. The number of rotatable bonds is 5. The quantitative estimate of drug-likeness (QED) is 0.627. The number of tetrazole rings is 1. The van der Waals surface area contributed by atoms with Crippen LogP contribution in [0.3, 0.4) is 0 Å². The predicted octanol–water partition coefficient (Wildman–Crippen LogP) is 2.65. The van der Waals surface area contributed by atoms with Crippen molar-refractivity contribution in [3.05, 3.63) is 35.4 Å². The van der Waals surface area contributed by atoms with Crippen molar-refractivity contribution in [2.45, 2.75) is 36.2 Å². The third-order valence-corrected chi connectivity index (χ3v) is 4.25. The van der Waals surface area contributed by atoms with Gasteiger partial charge in [0.15, 0.2) is 5.78 Å². The normalized spacial score (nSPS) is 16.0. The van der Waals surface area contributed by atoms with Crippen LogP contribution in [0.15, 0.2) is 23.4 Å². The van der Waals surface area contributed by atoms with Crippen molar-refractivity contribution in [3.63, 3.8) is 0 Å². The van der Waals surface area contributed by atoms with Gasteiger partial charge in [0.1, 0.15) is 11.6 Å². The van der Waals surface area contributed by atoms with Gasteiger partial charge in [0.05, 0.1) is 16.9 Å². The molecule has 2 aromatic rings. The molecule has 1 aromatic heterocycles. The second kappa shape index (κ2) is 5.51. The van der Waals surface area contributed by atoms with Crippen LogP contribution in [0.2, 0.25) is 0 Å². The average Bonchev–Trinajstić information content (AvgIpc) is 3.21. The summed E-state index contributed by atoms with van der Waals surface area (Å²) >= 11 is 1.15. The third-order valence-electron chi connectivity index (χ3n) is 3.20. The number of carbonyl (C=O) groups excluding carboxylic acids is 1. The zero-order chi connectivity index (χ0) is 15.0. The molecule has 1 fully saturated rings. The summed E-state index contributed by atoms with van der Waals surface area (Å²) in [4.78, 5) is 12.2. The molecule has 0 radical (unpaired) electrons. The van der Waals surface area contributed by atoms with Crippen LogP contribution >= 0.6 is 11.8 Å². The maximum Gasteiger partial charge on any atom is 0.210 e. The average molecular weight is 310 g/mol. The lowest BCUT2D eigenvalue weighted by atomic mass is 10.1. The van der Waals surface area contributed by atoms with Crippen molar-refractivity contribution in [2.24, 2.45) is 0 Å². The second-order valence-electron chi connectivity index (χ2n) is 4.89. The summed E-state index contributed by atoms with van der Waals surface area (Å²) in [6.07, 6.45) is 2.03. The van der Waals surface area contributed by atoms with Crippen LogP contribution in [0.4, 0.5) is 8.78 Å². The molecule has 21 heavy (non-hydrogen) atoms. The Balaban J connectivity index is 1.78. The SMILES string of the molecule is CC(Sc1nnnn1C1CC1)C(=O)c1cc(F)ccc1F. The van der Waals surface area contributed by atoms with Gasteiger partial charge >= 0.3 is 0 Å². The highest BCUT2D eigenvalue weighted by Gasteiger charge is 2.30. The summed E-state index contributed by atoms with van der Waals surface area (Å²) in [6.45, 7) is 1.63. The molecule has 0 aliphatic heterocycles. The number of hydrogen-bond donors (Lipinski definition) is 0. The largest absolute Gasteiger partial charge is 0.293 e. The molecule has 1 heterocycles. The zero-order valence-electron chi connectivity index (χ0n) is 11.2. The van der Waals surface area contributed by atoms with Crippen LogP contribution in [-0.4, -0.2) is 31.2 Å². The standard InChI is InChI=1S/C13H12F2N4OS/c1-7(12(20)10-6-8(14)2-5-11(10)15)21-13-16-17-18-19(13)9-3-4-9/h2,5-7,9H,3-4H2,1H3. The van der Waals surface area contributed by atoms with E-state index in [1.54, 1.807) is 11.6 Å². The molecule has 1 aromatic carbocycles. The molecule has 1 unspecified atom stereocenters. The fraction of sp³-hybridized carbons (Fsp3) is 0.385. The molecule has 3 rings (SSSR count). The minimum absolute atomic E-state index is 0.250. The Bertz CT molecular complexity index is 687. The first-order valence-corrected chi connectivity index (χ1v) is 7.38. The van der Waals surface area contributed by atoms with Crippen LogP contribution in [0, 0.1) is 11.6 Å². The Morgan fingerprint density at radius 3 is 2.90 bits per heavy atom. The molecule has 1 atom stereocenters. The molecular formula is C13H12F2N4OS. The molecule has 110 valence electrons. The van der Waals surface area contributed by atoms with Gasteiger partial charge in [-0.25, -0.2) is 13.5 Å². The summed E-state index contributed by atoms with van der Waals surface area (Å²) in [5, 5.41) is 11.3. The Hall–Kier alpha value is -1.83. The highest BCUT2D eigenvalue weighted by molar-refractivity contribution is 8.00. The van der Waals surface area contributed by atoms with Gasteiger partial charge in [-0.3, -0.25) is 4.79 Å². The minimum Gasteiger partial charge on any atom is -0.293 e. The fourth-order valence-corrected chi connectivity index (χ4v) is 2.86. The number of halogens is 2. The summed E-state index contributed by atoms with van der Waals surface area (Å²) in [6, 6.07) is 3.14. The van der Waals surface area contributed by atoms with Gasteiger partial charge in [0.25, 0.3) is 0 Å². The van der Waals surface area contributed by atoms with E-state index in [1.165, 1.54) is 0 Å². The second-order valence-corrected chi connectivity index (χ2v) is 6.19. The number of ketones is 1. The maximum absolute atomic E-state index is 13.6. The van der Waals surface area contributed by atoms with Crippen molar-refractivity contribution in [2.75, 3.05) is 0 Å². The van der Waals surface area contributed by atoms with E-state index in [0.717, 1.165) is 42.8 Å². The molecule has 1 aliphatic rings. The number of Topliss-reactive ketones (excluding diaryl/α,β-unsaturated/α-hetero) is 1. The van der Waals surface area contributed by atoms with Crippen molar-refractivity contribution < 1.29 is 13.6 Å². The van der Waals surface area contributed by atoms with Crippen molar-refractivity contribution in [3.8, 4) is 0 Å². The van der Waals surface area contributed by atoms with Gasteiger partial charge in [-0.05, 0) is 48.4 Å². The lowest BCUT2D eigenvalue weighted by Gasteiger charge is -2.10. The monoisotopic (exact) mass is 310 g/mol. The fourth-order valence-electron chi connectivity index (χ4n) is 1.93. The maximum atomic E-state index is 13.6. The van der Waals surface area contributed by atoms with Gasteiger partial charge in [-0.1, -0.05) is 11.8 Å². The van der Waals surface area contributed by atoms with Crippen LogP contribution in [0.1, 0.15) is 36.2 Å². The number of nitrogens with zero attached hydrogens (tertiary/aromatic N) is 4. The van der Waals surface area contributed by atoms with Crippen molar-refractivity contribution in [1.82, 2.24) is 20.2 Å². The molecule has 0 saturated heterocycles. The van der Waals surface area contributed by atoms with Crippen LogP contribution < -0.4 is 0 Å². The zero-order valence-corrected chi connectivity index (χ0v) is 12.0. The Labute approximate surface area is 123 Å². The van der Waals surface area contributed by atoms with E-state index < -0.39 is 22.7 Å². The first kappa shape index (κ1) is 14.1. The molecule has 1 aliphatic carbocycles. The van der Waals surface area contributed by atoms with Gasteiger partial charge in [-0.2, -0.15) is 0 Å². The van der Waals surface area contributed by atoms with Crippen LogP contribution in [0.25, 0.3) is 0 Å². The lowest BCUT2D eigenvalue weighted by Crippen LogP contribution is -2.16. The highest BCUT2D eigenvalue weighted by Crippen LogP contribution is 2.37. The van der Waals surface area contributed by atoms with Crippen molar-refractivity contribution >= 4 is 17.5 Å². The van der Waals surface area contributed by atoms with Crippen LogP contribution in [0.5, 0.6) is 0 Å². The Morgan fingerprint density at radius 2 is 2.19 bits per heavy atom. The number of aromatic nitrogens is 4. The number of hydrogen-bond acceptors (Lipinski definition) is 5. The molecule has 0 amide bonds.